The zero-order valence-corrected chi connectivity index (χ0v) is 10.8. The van der Waals surface area contributed by atoms with Gasteiger partial charge >= 0.3 is 5.97 Å². The van der Waals surface area contributed by atoms with Crippen molar-refractivity contribution >= 4 is 17.8 Å². The second kappa shape index (κ2) is 5.51. The van der Waals surface area contributed by atoms with Gasteiger partial charge in [0.1, 0.15) is 0 Å². The van der Waals surface area contributed by atoms with E-state index in [-0.39, 0.29) is 17.5 Å². The van der Waals surface area contributed by atoms with Crippen LogP contribution in [0.3, 0.4) is 0 Å². The van der Waals surface area contributed by atoms with E-state index in [2.05, 4.69) is 5.32 Å². The van der Waals surface area contributed by atoms with Crippen molar-refractivity contribution in [1.82, 2.24) is 5.32 Å². The molecule has 0 saturated carbocycles. The van der Waals surface area contributed by atoms with Crippen molar-refractivity contribution in [2.75, 3.05) is 0 Å². The summed E-state index contributed by atoms with van der Waals surface area (Å²) in [5.74, 6) is -2.08. The highest BCUT2D eigenvalue weighted by atomic mass is 16.4. The molecule has 0 heterocycles. The zero-order chi connectivity index (χ0) is 14.6. The van der Waals surface area contributed by atoms with Gasteiger partial charge in [0.25, 0.3) is 5.91 Å². The minimum Gasteiger partial charge on any atom is -0.478 e. The summed E-state index contributed by atoms with van der Waals surface area (Å²) in [7, 11) is 0. The molecular formula is C13H16N2O4. The maximum absolute atomic E-state index is 12.0. The summed E-state index contributed by atoms with van der Waals surface area (Å²) in [5, 5.41) is 11.5. The van der Waals surface area contributed by atoms with E-state index in [1.807, 2.05) is 0 Å². The number of carbonyl (C=O) groups excluding carboxylic acids is 2. The number of aromatic carboxylic acids is 1. The van der Waals surface area contributed by atoms with Gasteiger partial charge in [-0.25, -0.2) is 4.79 Å². The predicted octanol–water partition coefficient (Wildman–Crippen LogP) is 0.769. The highest BCUT2D eigenvalue weighted by Crippen LogP contribution is 2.11. The summed E-state index contributed by atoms with van der Waals surface area (Å²) in [6, 6.07) is 5.66. The molecule has 0 aliphatic heterocycles. The lowest BCUT2D eigenvalue weighted by Gasteiger charge is -2.24. The number of nitrogens with two attached hydrogens (primary N) is 1. The van der Waals surface area contributed by atoms with Crippen molar-refractivity contribution in [1.29, 1.82) is 0 Å². The summed E-state index contributed by atoms with van der Waals surface area (Å²) in [6.45, 7) is 3.33. The summed E-state index contributed by atoms with van der Waals surface area (Å²) in [5.41, 5.74) is 4.55. The molecule has 0 spiro atoms. The second-order valence-corrected chi connectivity index (χ2v) is 4.87. The largest absolute Gasteiger partial charge is 0.478 e. The summed E-state index contributed by atoms with van der Waals surface area (Å²) < 4.78 is 0. The number of amides is 2. The van der Waals surface area contributed by atoms with Gasteiger partial charge in [0.2, 0.25) is 5.91 Å². The summed E-state index contributed by atoms with van der Waals surface area (Å²) >= 11 is 0. The standard InChI is InChI=1S/C13H16N2O4/c1-13(2,7-10(14)16)15-11(17)8-4-3-5-9(6-8)12(18)19/h3-6H,7H2,1-2H3,(H2,14,16)(H,15,17)(H,18,19). The Balaban J connectivity index is 2.86. The highest BCUT2D eigenvalue weighted by molar-refractivity contribution is 5.98. The molecule has 0 bridgehead atoms. The van der Waals surface area contributed by atoms with Crippen molar-refractivity contribution in [3.63, 3.8) is 0 Å². The molecule has 2 amide bonds. The Morgan fingerprint density at radius 3 is 2.37 bits per heavy atom. The number of primary amides is 1. The molecule has 0 saturated heterocycles. The van der Waals surface area contributed by atoms with Crippen molar-refractivity contribution < 1.29 is 19.5 Å². The van der Waals surface area contributed by atoms with Gasteiger partial charge in [-0.1, -0.05) is 6.07 Å². The first kappa shape index (κ1) is 14.7. The molecule has 0 atom stereocenters. The monoisotopic (exact) mass is 264 g/mol. The van der Waals surface area contributed by atoms with Crippen LogP contribution in [-0.4, -0.2) is 28.4 Å². The molecule has 0 unspecified atom stereocenters. The van der Waals surface area contributed by atoms with Crippen molar-refractivity contribution in [2.24, 2.45) is 5.73 Å². The van der Waals surface area contributed by atoms with Gasteiger partial charge in [-0.15, -0.1) is 0 Å². The first-order chi connectivity index (χ1) is 8.71. The van der Waals surface area contributed by atoms with E-state index in [0.29, 0.717) is 0 Å². The van der Waals surface area contributed by atoms with Crippen LogP contribution in [0.2, 0.25) is 0 Å². The third kappa shape index (κ3) is 4.42. The van der Waals surface area contributed by atoms with E-state index >= 15 is 0 Å². The number of carboxylic acids is 1. The first-order valence-electron chi connectivity index (χ1n) is 5.65. The quantitative estimate of drug-likeness (QED) is 0.729. The average molecular weight is 264 g/mol. The molecular weight excluding hydrogens is 248 g/mol. The number of hydrogen-bond acceptors (Lipinski definition) is 3. The fourth-order valence-electron chi connectivity index (χ4n) is 1.65. The van der Waals surface area contributed by atoms with Crippen molar-refractivity contribution in [2.45, 2.75) is 25.8 Å². The van der Waals surface area contributed by atoms with Gasteiger partial charge in [0, 0.05) is 17.5 Å². The normalized spacial score (nSPS) is 10.8. The lowest BCUT2D eigenvalue weighted by Crippen LogP contribution is -2.46. The van der Waals surface area contributed by atoms with E-state index in [4.69, 9.17) is 10.8 Å². The molecule has 6 heteroatoms. The van der Waals surface area contributed by atoms with Gasteiger partial charge in [0.15, 0.2) is 0 Å². The fraction of sp³-hybridized carbons (Fsp3) is 0.308. The number of nitrogens with one attached hydrogen (secondary N) is 1. The number of benzene rings is 1. The number of carboxylic acid groups (broad SMARTS) is 1. The Kier molecular flexibility index (Phi) is 4.26. The molecule has 102 valence electrons. The minimum absolute atomic E-state index is 0.00262. The third-order valence-electron chi connectivity index (χ3n) is 2.44. The topological polar surface area (TPSA) is 109 Å². The Hall–Kier alpha value is -2.37. The Morgan fingerprint density at radius 2 is 1.84 bits per heavy atom. The van der Waals surface area contributed by atoms with Crippen LogP contribution < -0.4 is 11.1 Å². The Labute approximate surface area is 110 Å². The van der Waals surface area contributed by atoms with Crippen LogP contribution in [0.1, 0.15) is 41.0 Å². The molecule has 0 radical (unpaired) electrons. The Bertz CT molecular complexity index is 523. The molecule has 0 aliphatic rings. The summed E-state index contributed by atoms with van der Waals surface area (Å²) in [4.78, 5) is 33.6. The van der Waals surface area contributed by atoms with E-state index < -0.39 is 23.3 Å². The average Bonchev–Trinajstić information content (AvgIpc) is 2.26. The molecule has 0 fully saturated rings. The SMILES string of the molecule is CC(C)(CC(N)=O)NC(=O)c1cccc(C(=O)O)c1. The molecule has 1 aromatic carbocycles. The van der Waals surface area contributed by atoms with Gasteiger partial charge in [-0.05, 0) is 32.0 Å². The fourth-order valence-corrected chi connectivity index (χ4v) is 1.65. The summed E-state index contributed by atoms with van der Waals surface area (Å²) in [6.07, 6.45) is -0.00262. The number of rotatable bonds is 5. The van der Waals surface area contributed by atoms with Crippen LogP contribution in [0, 0.1) is 0 Å². The lowest BCUT2D eigenvalue weighted by atomic mass is 9.99. The first-order valence-corrected chi connectivity index (χ1v) is 5.65. The minimum atomic E-state index is -1.11. The van der Waals surface area contributed by atoms with Crippen LogP contribution in [0.4, 0.5) is 0 Å². The van der Waals surface area contributed by atoms with Crippen LogP contribution in [0.5, 0.6) is 0 Å². The molecule has 4 N–H and O–H groups in total. The number of hydrogen-bond donors (Lipinski definition) is 3. The van der Waals surface area contributed by atoms with Crippen LogP contribution in [0.25, 0.3) is 0 Å². The molecule has 0 aliphatic carbocycles. The van der Waals surface area contributed by atoms with E-state index in [1.54, 1.807) is 13.8 Å². The lowest BCUT2D eigenvalue weighted by molar-refractivity contribution is -0.119. The maximum Gasteiger partial charge on any atom is 0.335 e. The maximum atomic E-state index is 12.0. The Morgan fingerprint density at radius 1 is 1.26 bits per heavy atom. The van der Waals surface area contributed by atoms with Crippen molar-refractivity contribution in [3.8, 4) is 0 Å². The van der Waals surface area contributed by atoms with Gasteiger partial charge in [0.05, 0.1) is 5.56 Å². The highest BCUT2D eigenvalue weighted by Gasteiger charge is 2.23. The molecule has 6 nitrogen and oxygen atoms in total. The zero-order valence-electron chi connectivity index (χ0n) is 10.8. The second-order valence-electron chi connectivity index (χ2n) is 4.87. The van der Waals surface area contributed by atoms with Gasteiger partial charge in [-0.3, -0.25) is 9.59 Å². The van der Waals surface area contributed by atoms with Crippen LogP contribution in [0.15, 0.2) is 24.3 Å². The van der Waals surface area contributed by atoms with Gasteiger partial charge < -0.3 is 16.2 Å². The van der Waals surface area contributed by atoms with Gasteiger partial charge in [-0.2, -0.15) is 0 Å². The van der Waals surface area contributed by atoms with Crippen LogP contribution in [-0.2, 0) is 4.79 Å². The molecule has 1 aromatic rings. The van der Waals surface area contributed by atoms with Crippen molar-refractivity contribution in [3.05, 3.63) is 35.4 Å². The molecule has 1 rings (SSSR count). The smallest absolute Gasteiger partial charge is 0.335 e. The van der Waals surface area contributed by atoms with E-state index in [1.165, 1.54) is 24.3 Å². The van der Waals surface area contributed by atoms with E-state index in [0.717, 1.165) is 0 Å². The van der Waals surface area contributed by atoms with E-state index in [9.17, 15) is 14.4 Å². The predicted molar refractivity (Wildman–Crippen MR) is 68.8 cm³/mol. The van der Waals surface area contributed by atoms with Crippen LogP contribution >= 0.6 is 0 Å². The third-order valence-corrected chi connectivity index (χ3v) is 2.44. The molecule has 0 aromatic heterocycles. The number of carbonyl (C=O) groups is 3. The molecule has 19 heavy (non-hydrogen) atoms.